The summed E-state index contributed by atoms with van der Waals surface area (Å²) in [4.78, 5) is 23.5. The van der Waals surface area contributed by atoms with Crippen LogP contribution in [0.2, 0.25) is 0 Å². The number of benzene rings is 1. The first-order valence-corrected chi connectivity index (χ1v) is 6.49. The number of hydrogen-bond donors (Lipinski definition) is 1. The van der Waals surface area contributed by atoms with Crippen molar-refractivity contribution in [3.8, 4) is 0 Å². The molecule has 104 valence electrons. The smallest absolute Gasteiger partial charge is 0.224 e. The van der Waals surface area contributed by atoms with Crippen LogP contribution in [0.1, 0.15) is 34.5 Å². The van der Waals surface area contributed by atoms with E-state index in [1.807, 2.05) is 32.0 Å². The van der Waals surface area contributed by atoms with E-state index in [2.05, 4.69) is 5.32 Å². The highest BCUT2D eigenvalue weighted by atomic mass is 16.3. The van der Waals surface area contributed by atoms with Crippen LogP contribution in [0.3, 0.4) is 0 Å². The maximum atomic E-state index is 11.8. The normalized spacial score (nSPS) is 10.3. The fourth-order valence-electron chi connectivity index (χ4n) is 2.06. The molecule has 4 nitrogen and oxygen atoms in total. The van der Waals surface area contributed by atoms with Crippen LogP contribution in [0.5, 0.6) is 0 Å². The third-order valence-corrected chi connectivity index (χ3v) is 2.88. The maximum Gasteiger partial charge on any atom is 0.224 e. The molecule has 1 aromatic carbocycles. The van der Waals surface area contributed by atoms with Gasteiger partial charge in [0.25, 0.3) is 0 Å². The van der Waals surface area contributed by atoms with E-state index in [1.165, 1.54) is 6.26 Å². The molecular formula is C16H17NO3. The lowest BCUT2D eigenvalue weighted by atomic mass is 10.1. The summed E-state index contributed by atoms with van der Waals surface area (Å²) in [6.45, 7) is 3.95. The second-order valence-electron chi connectivity index (χ2n) is 4.83. The van der Waals surface area contributed by atoms with Gasteiger partial charge >= 0.3 is 0 Å². The number of Topliss-reactive ketones (excluding diaryl/α,β-unsaturated/α-hetero) is 1. The second-order valence-corrected chi connectivity index (χ2v) is 4.83. The van der Waals surface area contributed by atoms with Crippen molar-refractivity contribution in [3.63, 3.8) is 0 Å². The number of carbonyl (C=O) groups excluding carboxylic acids is 2. The zero-order valence-corrected chi connectivity index (χ0v) is 11.6. The molecule has 0 saturated heterocycles. The quantitative estimate of drug-likeness (QED) is 0.847. The summed E-state index contributed by atoms with van der Waals surface area (Å²) in [7, 11) is 0. The zero-order valence-electron chi connectivity index (χ0n) is 11.6. The van der Waals surface area contributed by atoms with E-state index in [9.17, 15) is 9.59 Å². The van der Waals surface area contributed by atoms with Crippen LogP contribution < -0.4 is 5.32 Å². The van der Waals surface area contributed by atoms with Crippen molar-refractivity contribution in [1.82, 2.24) is 0 Å². The molecule has 1 N–H and O–H groups in total. The summed E-state index contributed by atoms with van der Waals surface area (Å²) < 4.78 is 5.00. The Bertz CT molecular complexity index is 594. The highest BCUT2D eigenvalue weighted by Crippen LogP contribution is 2.14. The van der Waals surface area contributed by atoms with Crippen molar-refractivity contribution in [2.45, 2.75) is 26.7 Å². The Kier molecular flexibility index (Phi) is 4.35. The Balaban J connectivity index is 1.88. The minimum absolute atomic E-state index is 0.143. The summed E-state index contributed by atoms with van der Waals surface area (Å²) in [5.41, 5.74) is 2.94. The van der Waals surface area contributed by atoms with Gasteiger partial charge < -0.3 is 9.73 Å². The number of aryl methyl sites for hydroxylation is 2. The van der Waals surface area contributed by atoms with Crippen LogP contribution in [0, 0.1) is 13.8 Å². The molecule has 0 saturated carbocycles. The fraction of sp³-hybridized carbons (Fsp3) is 0.250. The molecule has 0 fully saturated rings. The van der Waals surface area contributed by atoms with Crippen molar-refractivity contribution >= 4 is 17.4 Å². The minimum atomic E-state index is -0.171. The highest BCUT2D eigenvalue weighted by molar-refractivity contribution is 5.98. The summed E-state index contributed by atoms with van der Waals surface area (Å²) in [6.07, 6.45) is 1.74. The average Bonchev–Trinajstić information content (AvgIpc) is 2.88. The van der Waals surface area contributed by atoms with Crippen molar-refractivity contribution in [1.29, 1.82) is 0 Å². The number of carbonyl (C=O) groups is 2. The Hall–Kier alpha value is -2.36. The van der Waals surface area contributed by atoms with Crippen molar-refractivity contribution in [2.75, 3.05) is 5.32 Å². The van der Waals surface area contributed by atoms with Gasteiger partial charge in [-0.05, 0) is 49.2 Å². The molecule has 0 aliphatic carbocycles. The third-order valence-electron chi connectivity index (χ3n) is 2.88. The fourth-order valence-corrected chi connectivity index (χ4v) is 2.06. The lowest BCUT2D eigenvalue weighted by Crippen LogP contribution is -2.13. The van der Waals surface area contributed by atoms with E-state index in [1.54, 1.807) is 12.1 Å². The topological polar surface area (TPSA) is 59.3 Å². The minimum Gasteiger partial charge on any atom is -0.461 e. The first kappa shape index (κ1) is 14.1. The third kappa shape index (κ3) is 3.82. The molecule has 0 atom stereocenters. The standard InChI is InChI=1S/C16H17NO3/c1-11-8-12(2)10-13(9-11)17-16(19)6-5-14(18)15-4-3-7-20-15/h3-4,7-10H,5-6H2,1-2H3,(H,17,19). The van der Waals surface area contributed by atoms with Crippen LogP contribution >= 0.6 is 0 Å². The van der Waals surface area contributed by atoms with Crippen molar-refractivity contribution < 1.29 is 14.0 Å². The summed E-state index contributed by atoms with van der Waals surface area (Å²) in [5.74, 6) is -0.0373. The number of furan rings is 1. The second kappa shape index (κ2) is 6.19. The van der Waals surface area contributed by atoms with Gasteiger partial charge in [0.2, 0.25) is 5.91 Å². The molecule has 2 aromatic rings. The number of nitrogens with one attached hydrogen (secondary N) is 1. The highest BCUT2D eigenvalue weighted by Gasteiger charge is 2.11. The zero-order chi connectivity index (χ0) is 14.5. The number of ketones is 1. The number of hydrogen-bond acceptors (Lipinski definition) is 3. The van der Waals surface area contributed by atoms with Crippen LogP contribution in [0.25, 0.3) is 0 Å². The SMILES string of the molecule is Cc1cc(C)cc(NC(=O)CCC(=O)c2ccco2)c1. The Labute approximate surface area is 117 Å². The Morgan fingerprint density at radius 2 is 1.80 bits per heavy atom. The lowest BCUT2D eigenvalue weighted by Gasteiger charge is -2.07. The van der Waals surface area contributed by atoms with Crippen molar-refractivity contribution in [3.05, 3.63) is 53.5 Å². The van der Waals surface area contributed by atoms with E-state index in [-0.39, 0.29) is 24.5 Å². The monoisotopic (exact) mass is 271 g/mol. The molecule has 0 aliphatic heterocycles. The molecule has 0 aliphatic rings. The predicted molar refractivity (Wildman–Crippen MR) is 76.8 cm³/mol. The molecule has 1 aromatic heterocycles. The molecule has 0 radical (unpaired) electrons. The molecule has 2 rings (SSSR count). The summed E-state index contributed by atoms with van der Waals surface area (Å²) >= 11 is 0. The van der Waals surface area contributed by atoms with Gasteiger partial charge in [-0.1, -0.05) is 6.07 Å². The Morgan fingerprint density at radius 3 is 2.40 bits per heavy atom. The van der Waals surface area contributed by atoms with E-state index in [0.717, 1.165) is 16.8 Å². The van der Waals surface area contributed by atoms with E-state index >= 15 is 0 Å². The summed E-state index contributed by atoms with van der Waals surface area (Å²) in [5, 5.41) is 2.80. The summed E-state index contributed by atoms with van der Waals surface area (Å²) in [6, 6.07) is 9.10. The molecular weight excluding hydrogens is 254 g/mol. The van der Waals surface area contributed by atoms with Gasteiger partial charge in [-0.3, -0.25) is 9.59 Å². The van der Waals surface area contributed by atoms with Gasteiger partial charge in [0.05, 0.1) is 6.26 Å². The first-order valence-electron chi connectivity index (χ1n) is 6.49. The van der Waals surface area contributed by atoms with Crippen molar-refractivity contribution in [2.24, 2.45) is 0 Å². The largest absolute Gasteiger partial charge is 0.461 e. The maximum absolute atomic E-state index is 11.8. The van der Waals surface area contributed by atoms with Gasteiger partial charge in [-0.25, -0.2) is 0 Å². The van der Waals surface area contributed by atoms with Gasteiger partial charge in [-0.2, -0.15) is 0 Å². The molecule has 20 heavy (non-hydrogen) atoms. The van der Waals surface area contributed by atoms with Gasteiger partial charge in [0, 0.05) is 18.5 Å². The molecule has 1 heterocycles. The van der Waals surface area contributed by atoms with E-state index < -0.39 is 0 Å². The van der Waals surface area contributed by atoms with E-state index in [4.69, 9.17) is 4.42 Å². The van der Waals surface area contributed by atoms with Crippen LogP contribution in [-0.4, -0.2) is 11.7 Å². The molecule has 1 amide bonds. The lowest BCUT2D eigenvalue weighted by molar-refractivity contribution is -0.116. The van der Waals surface area contributed by atoms with Crippen LogP contribution in [0.4, 0.5) is 5.69 Å². The number of anilines is 1. The van der Waals surface area contributed by atoms with Gasteiger partial charge in [0.1, 0.15) is 0 Å². The van der Waals surface area contributed by atoms with E-state index in [0.29, 0.717) is 5.76 Å². The molecule has 4 heteroatoms. The predicted octanol–water partition coefficient (Wildman–Crippen LogP) is 3.50. The van der Waals surface area contributed by atoms with Gasteiger partial charge in [0.15, 0.2) is 11.5 Å². The van der Waals surface area contributed by atoms with Crippen LogP contribution in [-0.2, 0) is 4.79 Å². The number of rotatable bonds is 5. The number of amides is 1. The molecule has 0 spiro atoms. The average molecular weight is 271 g/mol. The van der Waals surface area contributed by atoms with Gasteiger partial charge in [-0.15, -0.1) is 0 Å². The molecule has 0 unspecified atom stereocenters. The molecule has 0 bridgehead atoms. The Morgan fingerprint density at radius 1 is 1.10 bits per heavy atom. The van der Waals surface area contributed by atoms with Crippen LogP contribution in [0.15, 0.2) is 41.0 Å². The first-order chi connectivity index (χ1) is 9.54.